The molecule has 1 fully saturated rings. The maximum Gasteiger partial charge on any atom is 0.268 e. The maximum atomic E-state index is 12.3. The van der Waals surface area contributed by atoms with E-state index in [1.807, 2.05) is 36.1 Å². The monoisotopic (exact) mass is 343 g/mol. The summed E-state index contributed by atoms with van der Waals surface area (Å²) in [6.07, 6.45) is 4.93. The fourth-order valence-electron chi connectivity index (χ4n) is 3.72. The van der Waals surface area contributed by atoms with Crippen LogP contribution in [0.1, 0.15) is 28.4 Å². The molecule has 0 radical (unpaired) electrons. The lowest BCUT2D eigenvalue weighted by molar-refractivity contribution is 0.0941. The first-order valence-corrected chi connectivity index (χ1v) is 8.93. The van der Waals surface area contributed by atoms with Crippen molar-refractivity contribution in [3.8, 4) is 0 Å². The van der Waals surface area contributed by atoms with Crippen molar-refractivity contribution in [2.45, 2.75) is 26.1 Å². The number of hydrogen-bond acceptors (Lipinski definition) is 4. The molecule has 2 aliphatic rings. The number of carbonyl (C=O) groups excluding carboxylic acids is 1. The number of hydrogen-bond donors (Lipinski definition) is 1. The second-order valence-electron chi connectivity index (χ2n) is 6.97. The third-order valence-corrected chi connectivity index (χ3v) is 5.17. The number of amides is 1. The summed E-state index contributed by atoms with van der Waals surface area (Å²) in [5, 5.41) is 3.00. The molecule has 7 heteroatoms. The Morgan fingerprint density at radius 3 is 3.12 bits per heavy atom. The number of nitrogens with zero attached hydrogens (tertiary/aromatic N) is 4. The first-order valence-electron chi connectivity index (χ1n) is 8.93. The van der Waals surface area contributed by atoms with E-state index in [4.69, 9.17) is 4.74 Å². The van der Waals surface area contributed by atoms with Crippen molar-refractivity contribution in [1.82, 2.24) is 24.3 Å². The van der Waals surface area contributed by atoms with Gasteiger partial charge >= 0.3 is 0 Å². The summed E-state index contributed by atoms with van der Waals surface area (Å²) in [4.78, 5) is 19.3. The van der Waals surface area contributed by atoms with E-state index < -0.39 is 0 Å². The molecule has 0 spiro atoms. The number of aromatic nitrogens is 3. The summed E-state index contributed by atoms with van der Waals surface area (Å²) in [7, 11) is 1.87. The molecule has 2 aromatic heterocycles. The van der Waals surface area contributed by atoms with Crippen molar-refractivity contribution in [3.63, 3.8) is 0 Å². The zero-order valence-electron chi connectivity index (χ0n) is 14.6. The van der Waals surface area contributed by atoms with E-state index in [9.17, 15) is 4.79 Å². The molecule has 0 aromatic carbocycles. The number of nitrogens with one attached hydrogen (secondary N) is 1. The van der Waals surface area contributed by atoms with Gasteiger partial charge in [0.15, 0.2) is 0 Å². The van der Waals surface area contributed by atoms with Crippen LogP contribution in [0, 0.1) is 5.92 Å². The quantitative estimate of drug-likeness (QED) is 0.880. The van der Waals surface area contributed by atoms with Gasteiger partial charge in [-0.3, -0.25) is 9.69 Å². The third-order valence-electron chi connectivity index (χ3n) is 5.17. The highest BCUT2D eigenvalue weighted by Gasteiger charge is 2.24. The molecule has 0 bridgehead atoms. The van der Waals surface area contributed by atoms with Crippen LogP contribution in [0.15, 0.2) is 24.5 Å². The van der Waals surface area contributed by atoms with Gasteiger partial charge in [0.25, 0.3) is 5.91 Å². The van der Waals surface area contributed by atoms with Gasteiger partial charge in [0, 0.05) is 39.5 Å². The van der Waals surface area contributed by atoms with Crippen LogP contribution in [-0.2, 0) is 31.4 Å². The smallest absolute Gasteiger partial charge is 0.268 e. The lowest BCUT2D eigenvalue weighted by atomic mass is 10.1. The average molecular weight is 343 g/mol. The van der Waals surface area contributed by atoms with Gasteiger partial charge in [0.05, 0.1) is 31.6 Å². The number of aryl methyl sites for hydroxylation is 1. The number of rotatable bonds is 5. The zero-order chi connectivity index (χ0) is 17.2. The Kier molecular flexibility index (Phi) is 4.59. The van der Waals surface area contributed by atoms with Crippen LogP contribution in [0.4, 0.5) is 0 Å². The van der Waals surface area contributed by atoms with Gasteiger partial charge < -0.3 is 19.2 Å². The van der Waals surface area contributed by atoms with Gasteiger partial charge in [-0.2, -0.15) is 0 Å². The second kappa shape index (κ2) is 7.01. The number of carbonyl (C=O) groups is 1. The molecule has 0 aliphatic carbocycles. The summed E-state index contributed by atoms with van der Waals surface area (Å²) >= 11 is 0. The van der Waals surface area contributed by atoms with E-state index in [0.717, 1.165) is 50.9 Å². The number of fused-ring (bicyclic) bond motifs is 1. The van der Waals surface area contributed by atoms with Crippen LogP contribution in [0.25, 0.3) is 0 Å². The molecule has 2 aromatic rings. The van der Waals surface area contributed by atoms with E-state index in [1.165, 1.54) is 6.42 Å². The van der Waals surface area contributed by atoms with Crippen molar-refractivity contribution in [2.24, 2.45) is 13.0 Å². The minimum Gasteiger partial charge on any atom is -0.381 e. The van der Waals surface area contributed by atoms with Crippen LogP contribution in [0.2, 0.25) is 0 Å². The van der Waals surface area contributed by atoms with Crippen molar-refractivity contribution in [1.29, 1.82) is 0 Å². The summed E-state index contributed by atoms with van der Waals surface area (Å²) in [6, 6.07) is 3.70. The summed E-state index contributed by atoms with van der Waals surface area (Å²) in [5.41, 5.74) is 1.74. The molecule has 1 unspecified atom stereocenters. The largest absolute Gasteiger partial charge is 0.381 e. The van der Waals surface area contributed by atoms with Crippen LogP contribution in [-0.4, -0.2) is 51.2 Å². The van der Waals surface area contributed by atoms with Crippen LogP contribution < -0.4 is 5.32 Å². The topological polar surface area (TPSA) is 64.3 Å². The summed E-state index contributed by atoms with van der Waals surface area (Å²) in [5.74, 6) is 1.69. The highest BCUT2D eigenvalue weighted by atomic mass is 16.5. The predicted molar refractivity (Wildman–Crippen MR) is 93.0 cm³/mol. The third kappa shape index (κ3) is 3.48. The Labute approximate surface area is 147 Å². The number of ether oxygens (including phenoxy) is 1. The summed E-state index contributed by atoms with van der Waals surface area (Å²) in [6.45, 7) is 6.22. The predicted octanol–water partition coefficient (Wildman–Crippen LogP) is 1.00. The molecule has 1 N–H and O–H groups in total. The number of imidazole rings is 1. The Morgan fingerprint density at radius 2 is 2.36 bits per heavy atom. The van der Waals surface area contributed by atoms with Gasteiger partial charge in [-0.1, -0.05) is 0 Å². The molecular weight excluding hydrogens is 318 g/mol. The molecule has 2 aliphatic heterocycles. The lowest BCUT2D eigenvalue weighted by Crippen LogP contribution is -2.38. The van der Waals surface area contributed by atoms with Crippen LogP contribution in [0.5, 0.6) is 0 Å². The first kappa shape index (κ1) is 16.4. The van der Waals surface area contributed by atoms with Crippen molar-refractivity contribution < 1.29 is 9.53 Å². The van der Waals surface area contributed by atoms with Gasteiger partial charge in [-0.15, -0.1) is 0 Å². The van der Waals surface area contributed by atoms with E-state index in [0.29, 0.717) is 18.2 Å². The fraction of sp³-hybridized carbons (Fsp3) is 0.556. The highest BCUT2D eigenvalue weighted by molar-refractivity contribution is 5.92. The SMILES string of the molecule is Cn1cccc1C(=O)NCc1cnc2n1CCN(CC1CCOC1)C2. The Hall–Kier alpha value is -2.12. The van der Waals surface area contributed by atoms with Crippen molar-refractivity contribution >= 4 is 5.91 Å². The normalized spacial score (nSPS) is 20.6. The Balaban J connectivity index is 1.35. The minimum absolute atomic E-state index is 0.0540. The Bertz CT molecular complexity index is 744. The summed E-state index contributed by atoms with van der Waals surface area (Å²) < 4.78 is 9.54. The van der Waals surface area contributed by atoms with Crippen LogP contribution >= 0.6 is 0 Å². The van der Waals surface area contributed by atoms with Gasteiger partial charge in [-0.25, -0.2) is 4.98 Å². The van der Waals surface area contributed by atoms with Gasteiger partial charge in [0.2, 0.25) is 0 Å². The molecule has 1 atom stereocenters. The van der Waals surface area contributed by atoms with E-state index in [-0.39, 0.29) is 5.91 Å². The second-order valence-corrected chi connectivity index (χ2v) is 6.97. The molecular formula is C18H25N5O2. The fourth-order valence-corrected chi connectivity index (χ4v) is 3.72. The average Bonchev–Trinajstić information content (AvgIpc) is 3.34. The standard InChI is InChI=1S/C18H25N5O2/c1-21-5-2-3-16(21)18(24)20-10-15-9-19-17-12-22(6-7-23(15)17)11-14-4-8-25-13-14/h2-3,5,9,14H,4,6-8,10-13H2,1H3,(H,20,24). The maximum absolute atomic E-state index is 12.3. The lowest BCUT2D eigenvalue weighted by Gasteiger charge is -2.30. The molecule has 4 heterocycles. The molecule has 134 valence electrons. The molecule has 1 amide bonds. The first-order chi connectivity index (χ1) is 12.2. The minimum atomic E-state index is -0.0540. The highest BCUT2D eigenvalue weighted by Crippen LogP contribution is 2.19. The van der Waals surface area contributed by atoms with E-state index in [2.05, 4.69) is 19.8 Å². The van der Waals surface area contributed by atoms with Gasteiger partial charge in [-0.05, 0) is 24.5 Å². The Morgan fingerprint density at radius 1 is 1.44 bits per heavy atom. The molecule has 7 nitrogen and oxygen atoms in total. The molecule has 25 heavy (non-hydrogen) atoms. The molecule has 1 saturated heterocycles. The van der Waals surface area contributed by atoms with Crippen LogP contribution in [0.3, 0.4) is 0 Å². The van der Waals surface area contributed by atoms with Crippen molar-refractivity contribution in [3.05, 3.63) is 41.7 Å². The van der Waals surface area contributed by atoms with Crippen molar-refractivity contribution in [2.75, 3.05) is 26.3 Å². The van der Waals surface area contributed by atoms with E-state index in [1.54, 1.807) is 0 Å². The van der Waals surface area contributed by atoms with E-state index >= 15 is 0 Å². The van der Waals surface area contributed by atoms with Gasteiger partial charge in [0.1, 0.15) is 11.5 Å². The molecule has 4 rings (SSSR count). The molecule has 0 saturated carbocycles. The zero-order valence-corrected chi connectivity index (χ0v) is 14.6.